The van der Waals surface area contributed by atoms with E-state index in [0.29, 0.717) is 19.4 Å². The predicted octanol–water partition coefficient (Wildman–Crippen LogP) is 1.69. The summed E-state index contributed by atoms with van der Waals surface area (Å²) >= 11 is 0. The van der Waals surface area contributed by atoms with Crippen molar-refractivity contribution in [2.24, 2.45) is 0 Å². The lowest BCUT2D eigenvalue weighted by Crippen LogP contribution is -2.69. The highest BCUT2D eigenvalue weighted by Gasteiger charge is 2.48. The van der Waals surface area contributed by atoms with Gasteiger partial charge in [0.2, 0.25) is 11.8 Å². The molecule has 0 aromatic rings. The number of amides is 2. The molecule has 1 saturated heterocycles. The van der Waals surface area contributed by atoms with Crippen molar-refractivity contribution >= 4 is 11.8 Å². The predicted molar refractivity (Wildman–Crippen MR) is 67.5 cm³/mol. The lowest BCUT2D eigenvalue weighted by atomic mass is 9.86. The summed E-state index contributed by atoms with van der Waals surface area (Å²) < 4.78 is 0. The minimum atomic E-state index is -0.626. The number of nitrogens with one attached hydrogen (secondary N) is 1. The molecule has 1 fully saturated rings. The van der Waals surface area contributed by atoms with Crippen LogP contribution in [0, 0.1) is 0 Å². The normalized spacial score (nSPS) is 23.8. The molecule has 4 heteroatoms. The molecule has 1 rings (SSSR count). The molecule has 0 saturated carbocycles. The molecule has 1 N–H and O–H groups in total. The van der Waals surface area contributed by atoms with Crippen molar-refractivity contribution in [2.45, 2.75) is 65.0 Å². The zero-order valence-corrected chi connectivity index (χ0v) is 11.4. The standard InChI is InChI=1S/C13H24N2O2/c1-5-8-9-15-11(16)10(4)14-12(17)13(15,6-2)7-3/h10H,5-9H2,1-4H3,(H,14,17). The highest BCUT2D eigenvalue weighted by molar-refractivity contribution is 5.99. The van der Waals surface area contributed by atoms with E-state index < -0.39 is 5.54 Å². The largest absolute Gasteiger partial charge is 0.343 e. The van der Waals surface area contributed by atoms with Gasteiger partial charge in [-0.15, -0.1) is 0 Å². The van der Waals surface area contributed by atoms with Crippen LogP contribution >= 0.6 is 0 Å². The van der Waals surface area contributed by atoms with Gasteiger partial charge >= 0.3 is 0 Å². The summed E-state index contributed by atoms with van der Waals surface area (Å²) in [6.45, 7) is 8.50. The number of piperazine rings is 1. The van der Waals surface area contributed by atoms with Crippen molar-refractivity contribution in [3.63, 3.8) is 0 Å². The second-order valence-corrected chi connectivity index (χ2v) is 4.78. The Hall–Kier alpha value is -1.06. The topological polar surface area (TPSA) is 49.4 Å². The zero-order valence-electron chi connectivity index (χ0n) is 11.4. The Morgan fingerprint density at radius 2 is 1.82 bits per heavy atom. The van der Waals surface area contributed by atoms with Crippen LogP contribution in [0.1, 0.15) is 53.4 Å². The number of carbonyl (C=O) groups excluding carboxylic acids is 2. The van der Waals surface area contributed by atoms with Gasteiger partial charge < -0.3 is 10.2 Å². The Balaban J connectivity index is 3.02. The maximum Gasteiger partial charge on any atom is 0.246 e. The van der Waals surface area contributed by atoms with Gasteiger partial charge in [0.25, 0.3) is 0 Å². The molecule has 0 spiro atoms. The van der Waals surface area contributed by atoms with Crippen LogP contribution < -0.4 is 5.32 Å². The van der Waals surface area contributed by atoms with Gasteiger partial charge in [-0.3, -0.25) is 9.59 Å². The smallest absolute Gasteiger partial charge is 0.246 e. The fraction of sp³-hybridized carbons (Fsp3) is 0.846. The average molecular weight is 240 g/mol. The summed E-state index contributed by atoms with van der Waals surface area (Å²) in [4.78, 5) is 26.2. The molecule has 98 valence electrons. The lowest BCUT2D eigenvalue weighted by molar-refractivity contribution is -0.157. The summed E-state index contributed by atoms with van der Waals surface area (Å²) in [6.07, 6.45) is 3.34. The van der Waals surface area contributed by atoms with E-state index in [1.807, 2.05) is 13.8 Å². The molecule has 1 aliphatic rings. The first-order valence-electron chi connectivity index (χ1n) is 6.65. The van der Waals surface area contributed by atoms with Gasteiger partial charge in [-0.25, -0.2) is 0 Å². The van der Waals surface area contributed by atoms with Gasteiger partial charge in [0.1, 0.15) is 11.6 Å². The van der Waals surface area contributed by atoms with Crippen molar-refractivity contribution in [3.05, 3.63) is 0 Å². The van der Waals surface area contributed by atoms with Crippen molar-refractivity contribution in [1.82, 2.24) is 10.2 Å². The minimum Gasteiger partial charge on any atom is -0.343 e. The third-order valence-electron chi connectivity index (χ3n) is 3.83. The van der Waals surface area contributed by atoms with Gasteiger partial charge in [-0.2, -0.15) is 0 Å². The van der Waals surface area contributed by atoms with Crippen LogP contribution in [0.25, 0.3) is 0 Å². The zero-order chi connectivity index (χ0) is 13.1. The monoisotopic (exact) mass is 240 g/mol. The van der Waals surface area contributed by atoms with E-state index in [0.717, 1.165) is 12.8 Å². The van der Waals surface area contributed by atoms with Crippen LogP contribution in [-0.2, 0) is 9.59 Å². The molecule has 0 radical (unpaired) electrons. The number of nitrogens with zero attached hydrogens (tertiary/aromatic N) is 1. The third kappa shape index (κ3) is 2.31. The average Bonchev–Trinajstić information content (AvgIpc) is 2.32. The van der Waals surface area contributed by atoms with Crippen molar-refractivity contribution in [2.75, 3.05) is 6.54 Å². The van der Waals surface area contributed by atoms with Crippen molar-refractivity contribution < 1.29 is 9.59 Å². The second-order valence-electron chi connectivity index (χ2n) is 4.78. The van der Waals surface area contributed by atoms with E-state index in [1.54, 1.807) is 11.8 Å². The molecular weight excluding hydrogens is 216 g/mol. The van der Waals surface area contributed by atoms with Crippen molar-refractivity contribution in [3.8, 4) is 0 Å². The Bertz CT molecular complexity index is 298. The summed E-state index contributed by atoms with van der Waals surface area (Å²) in [5.41, 5.74) is -0.626. The van der Waals surface area contributed by atoms with Gasteiger partial charge in [-0.05, 0) is 26.2 Å². The molecule has 0 aliphatic carbocycles. The molecule has 17 heavy (non-hydrogen) atoms. The second kappa shape index (κ2) is 5.52. The molecule has 1 aliphatic heterocycles. The van der Waals surface area contributed by atoms with Crippen LogP contribution in [0.15, 0.2) is 0 Å². The molecule has 2 amide bonds. The first-order chi connectivity index (χ1) is 8.03. The van der Waals surface area contributed by atoms with Crippen molar-refractivity contribution in [1.29, 1.82) is 0 Å². The van der Waals surface area contributed by atoms with E-state index in [2.05, 4.69) is 12.2 Å². The molecule has 1 atom stereocenters. The molecule has 1 unspecified atom stereocenters. The van der Waals surface area contributed by atoms with Crippen LogP contribution in [0.5, 0.6) is 0 Å². The van der Waals surface area contributed by atoms with E-state index in [4.69, 9.17) is 0 Å². The quantitative estimate of drug-likeness (QED) is 0.795. The fourth-order valence-electron chi connectivity index (χ4n) is 2.55. The summed E-state index contributed by atoms with van der Waals surface area (Å²) in [5.74, 6) is 0.0625. The summed E-state index contributed by atoms with van der Waals surface area (Å²) in [6, 6.07) is -0.384. The highest BCUT2D eigenvalue weighted by Crippen LogP contribution is 2.29. The molecule has 4 nitrogen and oxygen atoms in total. The molecule has 1 heterocycles. The highest BCUT2D eigenvalue weighted by atomic mass is 16.2. The van der Waals surface area contributed by atoms with Gasteiger partial charge in [0.05, 0.1) is 0 Å². The number of carbonyl (C=O) groups is 2. The third-order valence-corrected chi connectivity index (χ3v) is 3.83. The SMILES string of the molecule is CCCCN1C(=O)C(C)NC(=O)C1(CC)CC. The first-order valence-corrected chi connectivity index (χ1v) is 6.65. The lowest BCUT2D eigenvalue weighted by Gasteiger charge is -2.47. The molecule has 0 bridgehead atoms. The van der Waals surface area contributed by atoms with Crippen LogP contribution in [0.4, 0.5) is 0 Å². The number of rotatable bonds is 5. The Labute approximate surface area is 104 Å². The Kier molecular flexibility index (Phi) is 4.54. The number of hydrogen-bond acceptors (Lipinski definition) is 2. The first kappa shape index (κ1) is 14.0. The Morgan fingerprint density at radius 3 is 2.29 bits per heavy atom. The van der Waals surface area contributed by atoms with E-state index in [1.165, 1.54) is 0 Å². The minimum absolute atomic E-state index is 0.00528. The van der Waals surface area contributed by atoms with Crippen LogP contribution in [0.3, 0.4) is 0 Å². The van der Waals surface area contributed by atoms with E-state index in [9.17, 15) is 9.59 Å². The molecular formula is C13H24N2O2. The molecule has 0 aromatic carbocycles. The maximum atomic E-state index is 12.2. The Morgan fingerprint density at radius 1 is 1.24 bits per heavy atom. The van der Waals surface area contributed by atoms with E-state index >= 15 is 0 Å². The van der Waals surface area contributed by atoms with Gasteiger partial charge in [0, 0.05) is 6.54 Å². The van der Waals surface area contributed by atoms with Crippen LogP contribution in [0.2, 0.25) is 0 Å². The van der Waals surface area contributed by atoms with Crippen LogP contribution in [-0.4, -0.2) is 34.8 Å². The summed E-state index contributed by atoms with van der Waals surface area (Å²) in [7, 11) is 0. The fourth-order valence-corrected chi connectivity index (χ4v) is 2.55. The number of unbranched alkanes of at least 4 members (excludes halogenated alkanes) is 1. The molecule has 0 aromatic heterocycles. The summed E-state index contributed by atoms with van der Waals surface area (Å²) in [5, 5.41) is 2.80. The number of hydrogen-bond donors (Lipinski definition) is 1. The van der Waals surface area contributed by atoms with E-state index in [-0.39, 0.29) is 17.9 Å². The van der Waals surface area contributed by atoms with Gasteiger partial charge in [0.15, 0.2) is 0 Å². The maximum absolute atomic E-state index is 12.2. The van der Waals surface area contributed by atoms with Gasteiger partial charge in [-0.1, -0.05) is 27.2 Å².